The fourth-order valence-corrected chi connectivity index (χ4v) is 0.676. The predicted octanol–water partition coefficient (Wildman–Crippen LogP) is 0.387. The molecule has 0 spiro atoms. The van der Waals surface area contributed by atoms with E-state index < -0.39 is 5.91 Å². The maximum Gasteiger partial charge on any atom is 0.269 e. The molecule has 5 N–H and O–H groups in total. The molecule has 9 heteroatoms. The maximum atomic E-state index is 10.8. The molecule has 0 aliphatic heterocycles. The Balaban J connectivity index is 0.000000673. The molecular formula is C7H12N8O. The summed E-state index contributed by atoms with van der Waals surface area (Å²) in [6.07, 6.45) is 1.34. The molecule has 9 nitrogen and oxygen atoms in total. The number of nitrogens with one attached hydrogen (secondary N) is 3. The second kappa shape index (κ2) is 6.85. The minimum Gasteiger partial charge on any atom is -0.364 e. The van der Waals surface area contributed by atoms with Gasteiger partial charge in [0.05, 0.1) is 12.3 Å². The van der Waals surface area contributed by atoms with Gasteiger partial charge >= 0.3 is 0 Å². The van der Waals surface area contributed by atoms with Crippen molar-refractivity contribution in [2.24, 2.45) is 16.1 Å². The van der Waals surface area contributed by atoms with Gasteiger partial charge in [-0.05, 0) is 0 Å². The lowest BCUT2D eigenvalue weighted by Crippen LogP contribution is -2.11. The molecule has 16 heavy (non-hydrogen) atoms. The van der Waals surface area contributed by atoms with Crippen LogP contribution in [0.15, 0.2) is 16.7 Å². The summed E-state index contributed by atoms with van der Waals surface area (Å²) in [7, 11) is 3.42. The number of primary amides is 1. The first-order valence-corrected chi connectivity index (χ1v) is 4.03. The number of carbonyl (C=O) groups is 1. The van der Waals surface area contributed by atoms with Gasteiger partial charge in [0.15, 0.2) is 5.69 Å². The van der Waals surface area contributed by atoms with Gasteiger partial charge in [-0.2, -0.15) is 0 Å². The van der Waals surface area contributed by atoms with Crippen LogP contribution < -0.4 is 5.73 Å². The van der Waals surface area contributed by atoms with E-state index in [1.807, 2.05) is 0 Å². The molecule has 1 heterocycles. The van der Waals surface area contributed by atoms with Gasteiger partial charge in [0.25, 0.3) is 5.91 Å². The molecule has 0 unspecified atom stereocenters. The van der Waals surface area contributed by atoms with Crippen LogP contribution in [-0.4, -0.2) is 41.0 Å². The summed E-state index contributed by atoms with van der Waals surface area (Å²) in [6, 6.07) is 1.25. The van der Waals surface area contributed by atoms with Crippen LogP contribution >= 0.6 is 0 Å². The van der Waals surface area contributed by atoms with Crippen molar-refractivity contribution >= 4 is 17.7 Å². The van der Waals surface area contributed by atoms with Gasteiger partial charge in [0.1, 0.15) is 0 Å². The first-order valence-electron chi connectivity index (χ1n) is 4.03. The van der Waals surface area contributed by atoms with E-state index in [1.54, 1.807) is 14.1 Å². The summed E-state index contributed by atoms with van der Waals surface area (Å²) in [5, 5.41) is 20.1. The Kier molecular flexibility index (Phi) is 5.76. The number of H-pyrrole nitrogens is 1. The van der Waals surface area contributed by atoms with Gasteiger partial charge in [-0.25, -0.2) is 15.8 Å². The Bertz CT molecular complexity index is 400. The third kappa shape index (κ3) is 4.63. The molecule has 0 aromatic carbocycles. The van der Waals surface area contributed by atoms with E-state index in [1.165, 1.54) is 17.3 Å². The smallest absolute Gasteiger partial charge is 0.269 e. The summed E-state index contributed by atoms with van der Waals surface area (Å²) >= 11 is 0. The first kappa shape index (κ1) is 13.5. The van der Waals surface area contributed by atoms with Gasteiger partial charge in [-0.3, -0.25) is 9.80 Å². The summed E-state index contributed by atoms with van der Waals surface area (Å²) in [6.45, 7) is 0. The molecule has 1 aromatic heterocycles. The second-order valence-corrected chi connectivity index (χ2v) is 2.63. The Labute approximate surface area is 91.4 Å². The Hall–Kier alpha value is -2.54. The number of aromatic nitrogens is 2. The quantitative estimate of drug-likeness (QED) is 0.334. The maximum absolute atomic E-state index is 10.8. The normalized spacial score (nSPS) is 9.12. The highest BCUT2D eigenvalue weighted by molar-refractivity contribution is 5.94. The number of nitrogens with zero attached hydrogens (tertiary/aromatic N) is 4. The van der Waals surface area contributed by atoms with Crippen LogP contribution in [0.5, 0.6) is 0 Å². The van der Waals surface area contributed by atoms with Crippen molar-refractivity contribution in [1.29, 1.82) is 10.8 Å². The fourth-order valence-electron chi connectivity index (χ4n) is 0.676. The van der Waals surface area contributed by atoms with Crippen molar-refractivity contribution in [2.45, 2.75) is 0 Å². The number of rotatable bonds is 3. The number of nitrogens with two attached hydrogens (primary N) is 1. The van der Waals surface area contributed by atoms with Crippen LogP contribution in [0, 0.1) is 10.8 Å². The second-order valence-electron chi connectivity index (χ2n) is 2.63. The monoisotopic (exact) mass is 224 g/mol. The summed E-state index contributed by atoms with van der Waals surface area (Å²) < 4.78 is 0. The number of hydrogen-bond donors (Lipinski definition) is 4. The molecule has 0 aliphatic rings. The van der Waals surface area contributed by atoms with Gasteiger partial charge in [-0.15, -0.1) is 5.11 Å². The van der Waals surface area contributed by atoms with E-state index in [2.05, 4.69) is 20.3 Å². The van der Waals surface area contributed by atoms with E-state index in [4.69, 9.17) is 16.6 Å². The van der Waals surface area contributed by atoms with Crippen LogP contribution in [0.2, 0.25) is 0 Å². The minimum absolute atomic E-state index is 0.158. The lowest BCUT2D eigenvalue weighted by atomic mass is 10.4. The zero-order valence-corrected chi connectivity index (χ0v) is 8.85. The standard InChI is InChI=1S/C6H10N6O.CH2N2/c1-12(2)11-10-6-4(5(7)13)8-3-9-6;2-1-3/h3H,1-2H3,(H2,7,13)(H,8,9);2-3H. The molecule has 0 fully saturated rings. The van der Waals surface area contributed by atoms with Crippen molar-refractivity contribution in [3.8, 4) is 0 Å². The highest BCUT2D eigenvalue weighted by atomic mass is 16.1. The van der Waals surface area contributed by atoms with Crippen molar-refractivity contribution in [3.63, 3.8) is 0 Å². The first-order chi connectivity index (χ1) is 7.52. The average molecular weight is 224 g/mol. The average Bonchev–Trinajstić information content (AvgIpc) is 2.63. The number of amides is 1. The van der Waals surface area contributed by atoms with E-state index in [0.717, 1.165) is 0 Å². The molecular weight excluding hydrogens is 212 g/mol. The Morgan fingerprint density at radius 1 is 1.62 bits per heavy atom. The van der Waals surface area contributed by atoms with Gasteiger partial charge in [0.2, 0.25) is 5.82 Å². The van der Waals surface area contributed by atoms with Crippen LogP contribution in [0.1, 0.15) is 10.5 Å². The van der Waals surface area contributed by atoms with E-state index in [0.29, 0.717) is 0 Å². The van der Waals surface area contributed by atoms with Crippen LogP contribution in [0.3, 0.4) is 0 Å². The molecule has 0 atom stereocenters. The Morgan fingerprint density at radius 2 is 2.19 bits per heavy atom. The van der Waals surface area contributed by atoms with Crippen molar-refractivity contribution in [3.05, 3.63) is 12.0 Å². The number of imidazole rings is 1. The van der Waals surface area contributed by atoms with Gasteiger partial charge in [-0.1, -0.05) is 5.22 Å². The fraction of sp³-hybridized carbons (Fsp3) is 0.286. The number of hydrogen-bond acceptors (Lipinski definition) is 6. The molecule has 0 saturated heterocycles. The summed E-state index contributed by atoms with van der Waals surface area (Å²) in [4.78, 5) is 17.1. The van der Waals surface area contributed by atoms with Crippen molar-refractivity contribution in [1.82, 2.24) is 15.0 Å². The summed E-state index contributed by atoms with van der Waals surface area (Å²) in [5.41, 5.74) is 5.20. The lowest BCUT2D eigenvalue weighted by Gasteiger charge is -1.98. The summed E-state index contributed by atoms with van der Waals surface area (Å²) in [5.74, 6) is -0.411. The third-order valence-electron chi connectivity index (χ3n) is 1.18. The molecule has 0 aliphatic carbocycles. The molecule has 1 rings (SSSR count). The molecule has 86 valence electrons. The van der Waals surface area contributed by atoms with E-state index in [9.17, 15) is 4.79 Å². The van der Waals surface area contributed by atoms with Crippen molar-refractivity contribution in [2.75, 3.05) is 14.1 Å². The van der Waals surface area contributed by atoms with Gasteiger partial charge in [0, 0.05) is 14.1 Å². The topological polar surface area (TPSA) is 147 Å². The molecule has 1 amide bonds. The number of carbonyl (C=O) groups excluding carboxylic acids is 1. The predicted molar refractivity (Wildman–Crippen MR) is 55.8 cm³/mol. The third-order valence-corrected chi connectivity index (χ3v) is 1.18. The molecule has 0 saturated carbocycles. The zero-order chi connectivity index (χ0) is 12.6. The molecule has 0 radical (unpaired) electrons. The van der Waals surface area contributed by atoms with E-state index >= 15 is 0 Å². The molecule has 1 aromatic rings. The van der Waals surface area contributed by atoms with Crippen LogP contribution in [0.4, 0.5) is 5.82 Å². The van der Waals surface area contributed by atoms with Crippen LogP contribution in [-0.2, 0) is 0 Å². The largest absolute Gasteiger partial charge is 0.364 e. The zero-order valence-electron chi connectivity index (χ0n) is 8.85. The minimum atomic E-state index is -0.606. The highest BCUT2D eigenvalue weighted by Crippen LogP contribution is 2.12. The van der Waals surface area contributed by atoms with E-state index in [-0.39, 0.29) is 11.5 Å². The number of aromatic amines is 1. The highest BCUT2D eigenvalue weighted by Gasteiger charge is 2.09. The Morgan fingerprint density at radius 3 is 2.62 bits per heavy atom. The van der Waals surface area contributed by atoms with Crippen molar-refractivity contribution < 1.29 is 4.79 Å². The van der Waals surface area contributed by atoms with Crippen LogP contribution in [0.25, 0.3) is 0 Å². The lowest BCUT2D eigenvalue weighted by molar-refractivity contribution is 0.0996. The molecule has 0 bridgehead atoms. The van der Waals surface area contributed by atoms with Gasteiger partial charge < -0.3 is 10.7 Å². The SMILES string of the molecule is CN(C)N=Nc1nc[nH]c1C(N)=O.N=C=N.